The number of hydrogen-bond donors (Lipinski definition) is 1. The van der Waals surface area contributed by atoms with Gasteiger partial charge in [-0.2, -0.15) is 0 Å². The van der Waals surface area contributed by atoms with E-state index in [1.165, 1.54) is 12.1 Å². The molecule has 13 heavy (non-hydrogen) atoms. The fourth-order valence-electron chi connectivity index (χ4n) is 0.941. The first-order chi connectivity index (χ1) is 6.00. The van der Waals surface area contributed by atoms with Crippen molar-refractivity contribution in [1.82, 2.24) is 0 Å². The van der Waals surface area contributed by atoms with Crippen molar-refractivity contribution in [3.63, 3.8) is 0 Å². The zero-order valence-corrected chi connectivity index (χ0v) is 7.43. The normalized spacial score (nSPS) is 9.77. The third-order valence-corrected chi connectivity index (χ3v) is 1.76. The number of primary amides is 1. The lowest BCUT2D eigenvalue weighted by atomic mass is 10.1. The molecule has 70 valence electrons. The monoisotopic (exact) mass is 183 g/mol. The maximum absolute atomic E-state index is 13.1. The average molecular weight is 183 g/mol. The van der Waals surface area contributed by atoms with Crippen molar-refractivity contribution in [2.75, 3.05) is 0 Å². The van der Waals surface area contributed by atoms with Crippen LogP contribution in [0.1, 0.15) is 11.1 Å². The number of hydrogen-bond acceptors (Lipinski definition) is 2. The van der Waals surface area contributed by atoms with Crippen molar-refractivity contribution in [3.8, 4) is 5.75 Å². The summed E-state index contributed by atoms with van der Waals surface area (Å²) in [5.41, 5.74) is 6.40. The van der Waals surface area contributed by atoms with Gasteiger partial charge >= 0.3 is 6.09 Å². The molecule has 0 radical (unpaired) electrons. The molecule has 0 aliphatic carbocycles. The van der Waals surface area contributed by atoms with E-state index in [2.05, 4.69) is 4.74 Å². The van der Waals surface area contributed by atoms with E-state index >= 15 is 0 Å². The Bertz CT molecular complexity index is 350. The zero-order chi connectivity index (χ0) is 10.0. The van der Waals surface area contributed by atoms with Crippen LogP contribution in [0.5, 0.6) is 5.75 Å². The van der Waals surface area contributed by atoms with Crippen LogP contribution < -0.4 is 10.5 Å². The third kappa shape index (κ3) is 2.18. The van der Waals surface area contributed by atoms with Gasteiger partial charge < -0.3 is 10.5 Å². The number of benzene rings is 1. The van der Waals surface area contributed by atoms with Gasteiger partial charge in [0, 0.05) is 0 Å². The van der Waals surface area contributed by atoms with Crippen LogP contribution in [0.2, 0.25) is 0 Å². The van der Waals surface area contributed by atoms with Crippen molar-refractivity contribution in [3.05, 3.63) is 29.1 Å². The van der Waals surface area contributed by atoms with Gasteiger partial charge in [-0.3, -0.25) is 0 Å². The molecule has 2 N–H and O–H groups in total. The molecule has 0 aliphatic heterocycles. The van der Waals surface area contributed by atoms with Crippen LogP contribution in [0.15, 0.2) is 12.1 Å². The predicted octanol–water partition coefficient (Wildman–Crippen LogP) is 1.90. The maximum Gasteiger partial charge on any atom is 0.410 e. The lowest BCUT2D eigenvalue weighted by molar-refractivity contribution is 0.208. The summed E-state index contributed by atoms with van der Waals surface area (Å²) < 4.78 is 17.5. The number of ether oxygens (including phenoxy) is 1. The Kier molecular flexibility index (Phi) is 2.51. The van der Waals surface area contributed by atoms with Crippen molar-refractivity contribution in [1.29, 1.82) is 0 Å². The summed E-state index contributed by atoms with van der Waals surface area (Å²) in [7, 11) is 0. The molecule has 0 bridgehead atoms. The van der Waals surface area contributed by atoms with Gasteiger partial charge in [-0.1, -0.05) is 0 Å². The maximum atomic E-state index is 13.1. The van der Waals surface area contributed by atoms with Gasteiger partial charge in [0.05, 0.1) is 0 Å². The molecule has 0 fully saturated rings. The molecule has 0 saturated carbocycles. The van der Waals surface area contributed by atoms with Gasteiger partial charge in [-0.25, -0.2) is 9.18 Å². The molecule has 1 amide bonds. The van der Waals surface area contributed by atoms with Crippen molar-refractivity contribution in [2.45, 2.75) is 13.8 Å². The van der Waals surface area contributed by atoms with E-state index in [1.807, 2.05) is 0 Å². The van der Waals surface area contributed by atoms with E-state index in [-0.39, 0.29) is 5.75 Å². The zero-order valence-electron chi connectivity index (χ0n) is 7.43. The number of carbonyl (C=O) groups excluding carboxylic acids is 1. The minimum Gasteiger partial charge on any atom is -0.407 e. The second kappa shape index (κ2) is 3.43. The highest BCUT2D eigenvalue weighted by atomic mass is 19.1. The highest BCUT2D eigenvalue weighted by Crippen LogP contribution is 2.21. The van der Waals surface area contributed by atoms with E-state index in [4.69, 9.17) is 5.73 Å². The summed E-state index contributed by atoms with van der Waals surface area (Å²) in [4.78, 5) is 10.4. The molecular formula is C9H10FNO2. The molecule has 0 aliphatic rings. The van der Waals surface area contributed by atoms with E-state index < -0.39 is 11.9 Å². The molecule has 4 heteroatoms. The SMILES string of the molecule is Cc1cc(F)c(OC(N)=O)cc1C. The summed E-state index contributed by atoms with van der Waals surface area (Å²) in [5.74, 6) is -0.711. The topological polar surface area (TPSA) is 52.3 Å². The second-order valence-electron chi connectivity index (χ2n) is 2.79. The van der Waals surface area contributed by atoms with E-state index in [0.29, 0.717) is 0 Å². The Morgan fingerprint density at radius 3 is 2.46 bits per heavy atom. The second-order valence-corrected chi connectivity index (χ2v) is 2.79. The van der Waals surface area contributed by atoms with Crippen molar-refractivity contribution >= 4 is 6.09 Å². The first-order valence-electron chi connectivity index (χ1n) is 3.74. The molecular weight excluding hydrogens is 173 g/mol. The van der Waals surface area contributed by atoms with Crippen LogP contribution in [0.3, 0.4) is 0 Å². The van der Waals surface area contributed by atoms with Crippen LogP contribution >= 0.6 is 0 Å². The molecule has 1 rings (SSSR count). The van der Waals surface area contributed by atoms with Gasteiger partial charge in [0.15, 0.2) is 11.6 Å². The highest BCUT2D eigenvalue weighted by Gasteiger charge is 2.08. The predicted molar refractivity (Wildman–Crippen MR) is 46.1 cm³/mol. The first kappa shape index (κ1) is 9.51. The fourth-order valence-corrected chi connectivity index (χ4v) is 0.941. The summed E-state index contributed by atoms with van der Waals surface area (Å²) in [6.07, 6.45) is -1.01. The highest BCUT2D eigenvalue weighted by molar-refractivity contribution is 5.68. The van der Waals surface area contributed by atoms with Gasteiger partial charge in [0.2, 0.25) is 0 Å². The Hall–Kier alpha value is -1.58. The number of nitrogens with two attached hydrogens (primary N) is 1. The molecule has 0 spiro atoms. The largest absolute Gasteiger partial charge is 0.410 e. The molecule has 0 heterocycles. The van der Waals surface area contributed by atoms with Crippen LogP contribution in [0.4, 0.5) is 9.18 Å². The minimum absolute atomic E-state index is 0.129. The molecule has 0 atom stereocenters. The lowest BCUT2D eigenvalue weighted by Gasteiger charge is -2.05. The van der Waals surface area contributed by atoms with Gasteiger partial charge in [0.25, 0.3) is 0 Å². The first-order valence-corrected chi connectivity index (χ1v) is 3.74. The lowest BCUT2D eigenvalue weighted by Crippen LogP contribution is -2.17. The molecule has 0 unspecified atom stereocenters. The number of rotatable bonds is 1. The number of carbonyl (C=O) groups is 1. The van der Waals surface area contributed by atoms with E-state index in [9.17, 15) is 9.18 Å². The summed E-state index contributed by atoms with van der Waals surface area (Å²) >= 11 is 0. The number of halogens is 1. The summed E-state index contributed by atoms with van der Waals surface area (Å²) in [5, 5.41) is 0. The van der Waals surface area contributed by atoms with Crippen LogP contribution in [-0.2, 0) is 0 Å². The fraction of sp³-hybridized carbons (Fsp3) is 0.222. The van der Waals surface area contributed by atoms with Crippen LogP contribution in [-0.4, -0.2) is 6.09 Å². The van der Waals surface area contributed by atoms with Crippen molar-refractivity contribution < 1.29 is 13.9 Å². The quantitative estimate of drug-likeness (QED) is 0.722. The van der Waals surface area contributed by atoms with Gasteiger partial charge in [-0.05, 0) is 37.1 Å². The van der Waals surface area contributed by atoms with Gasteiger partial charge in [-0.15, -0.1) is 0 Å². The third-order valence-electron chi connectivity index (χ3n) is 1.76. The van der Waals surface area contributed by atoms with Crippen molar-refractivity contribution in [2.24, 2.45) is 5.73 Å². The average Bonchev–Trinajstić information content (AvgIpc) is 1.99. The molecule has 0 saturated heterocycles. The molecule has 0 aromatic heterocycles. The minimum atomic E-state index is -1.01. The van der Waals surface area contributed by atoms with Crippen LogP contribution in [0, 0.1) is 19.7 Å². The number of amides is 1. The number of aryl methyl sites for hydroxylation is 2. The van der Waals surface area contributed by atoms with E-state index in [0.717, 1.165) is 11.1 Å². The molecule has 1 aromatic carbocycles. The Morgan fingerprint density at radius 1 is 1.38 bits per heavy atom. The summed E-state index contributed by atoms with van der Waals surface area (Å²) in [6, 6.07) is 2.74. The van der Waals surface area contributed by atoms with E-state index in [1.54, 1.807) is 13.8 Å². The molecule has 1 aromatic rings. The Labute approximate surface area is 75.3 Å². The Balaban J connectivity index is 3.08. The molecule has 3 nitrogen and oxygen atoms in total. The smallest absolute Gasteiger partial charge is 0.407 e. The Morgan fingerprint density at radius 2 is 1.92 bits per heavy atom. The van der Waals surface area contributed by atoms with Gasteiger partial charge in [0.1, 0.15) is 0 Å². The standard InChI is InChI=1S/C9H10FNO2/c1-5-3-7(10)8(4-6(5)2)13-9(11)12/h3-4H,1-2H3,(H2,11,12). The summed E-state index contributed by atoms with van der Waals surface area (Å²) in [6.45, 7) is 3.56. The van der Waals surface area contributed by atoms with Crippen LogP contribution in [0.25, 0.3) is 0 Å².